The van der Waals surface area contributed by atoms with Gasteiger partial charge in [0.1, 0.15) is 5.75 Å². The molecule has 0 saturated carbocycles. The summed E-state index contributed by atoms with van der Waals surface area (Å²) in [6, 6.07) is 6.58. The van der Waals surface area contributed by atoms with E-state index < -0.39 is 0 Å². The predicted molar refractivity (Wildman–Crippen MR) is 85.9 cm³/mol. The van der Waals surface area contributed by atoms with E-state index in [-0.39, 0.29) is 0 Å². The van der Waals surface area contributed by atoms with Crippen molar-refractivity contribution in [1.29, 1.82) is 0 Å². The zero-order valence-electron chi connectivity index (χ0n) is 13.8. The summed E-state index contributed by atoms with van der Waals surface area (Å²) in [5, 5.41) is 3.42. The molecule has 4 heteroatoms. The second-order valence-corrected chi connectivity index (χ2v) is 5.02. The summed E-state index contributed by atoms with van der Waals surface area (Å²) in [5.41, 5.74) is 2.33. The van der Waals surface area contributed by atoms with Gasteiger partial charge in [-0.05, 0) is 37.6 Å². The maximum absolute atomic E-state index is 5.68. The van der Waals surface area contributed by atoms with Crippen molar-refractivity contribution in [3.05, 3.63) is 29.3 Å². The molecule has 0 fully saturated rings. The average molecular weight is 295 g/mol. The van der Waals surface area contributed by atoms with Crippen LogP contribution >= 0.6 is 0 Å². The summed E-state index contributed by atoms with van der Waals surface area (Å²) in [7, 11) is 1.69. The van der Waals surface area contributed by atoms with Gasteiger partial charge in [-0.2, -0.15) is 0 Å². The van der Waals surface area contributed by atoms with Crippen LogP contribution in [0.5, 0.6) is 5.75 Å². The first-order valence-electron chi connectivity index (χ1n) is 7.78. The Morgan fingerprint density at radius 2 is 1.86 bits per heavy atom. The van der Waals surface area contributed by atoms with Gasteiger partial charge in [0.15, 0.2) is 0 Å². The van der Waals surface area contributed by atoms with Gasteiger partial charge in [0.2, 0.25) is 0 Å². The molecule has 0 aliphatic heterocycles. The van der Waals surface area contributed by atoms with Crippen LogP contribution in [-0.2, 0) is 16.1 Å². The zero-order valence-corrected chi connectivity index (χ0v) is 13.8. The molecule has 0 aliphatic rings. The van der Waals surface area contributed by atoms with Crippen molar-refractivity contribution in [1.82, 2.24) is 5.32 Å². The van der Waals surface area contributed by atoms with Crippen LogP contribution in [-0.4, -0.2) is 33.5 Å². The topological polar surface area (TPSA) is 39.7 Å². The number of methoxy groups -OCH3 is 1. The standard InChI is InChI=1S/C17H29NO3/c1-5-9-20-10-11-21-13-16-12-15(14(3)18-6-2)7-8-17(16)19-4/h7-8,12,14,18H,5-6,9-11,13H2,1-4H3. The molecule has 21 heavy (non-hydrogen) atoms. The van der Waals surface area contributed by atoms with Crippen molar-refractivity contribution < 1.29 is 14.2 Å². The third-order valence-corrected chi connectivity index (χ3v) is 3.29. The highest BCUT2D eigenvalue weighted by atomic mass is 16.5. The molecular formula is C17H29NO3. The van der Waals surface area contributed by atoms with E-state index in [1.165, 1.54) is 5.56 Å². The molecule has 0 bridgehead atoms. The number of hydrogen-bond acceptors (Lipinski definition) is 4. The first kappa shape index (κ1) is 18.0. The molecule has 1 aromatic rings. The number of rotatable bonds is 11. The lowest BCUT2D eigenvalue weighted by molar-refractivity contribution is 0.0402. The van der Waals surface area contributed by atoms with Gasteiger partial charge in [-0.15, -0.1) is 0 Å². The highest BCUT2D eigenvalue weighted by Crippen LogP contribution is 2.24. The van der Waals surface area contributed by atoms with Crippen molar-refractivity contribution >= 4 is 0 Å². The summed E-state index contributed by atoms with van der Waals surface area (Å²) < 4.78 is 16.5. The Kier molecular flexibility index (Phi) is 9.06. The normalized spacial score (nSPS) is 12.4. The highest BCUT2D eigenvalue weighted by molar-refractivity contribution is 5.38. The fraction of sp³-hybridized carbons (Fsp3) is 0.647. The fourth-order valence-corrected chi connectivity index (χ4v) is 2.15. The van der Waals surface area contributed by atoms with Gasteiger partial charge in [-0.25, -0.2) is 0 Å². The van der Waals surface area contributed by atoms with Gasteiger partial charge in [-0.1, -0.05) is 19.9 Å². The molecule has 0 saturated heterocycles. The summed E-state index contributed by atoms with van der Waals surface area (Å²) in [4.78, 5) is 0. The first-order chi connectivity index (χ1) is 10.2. The lowest BCUT2D eigenvalue weighted by Crippen LogP contribution is -2.18. The molecule has 1 aromatic carbocycles. The van der Waals surface area contributed by atoms with Crippen LogP contribution in [0.1, 0.15) is 44.4 Å². The average Bonchev–Trinajstić information content (AvgIpc) is 2.50. The van der Waals surface area contributed by atoms with E-state index >= 15 is 0 Å². The van der Waals surface area contributed by atoms with E-state index in [2.05, 4.69) is 38.2 Å². The van der Waals surface area contributed by atoms with Crippen LogP contribution in [0, 0.1) is 0 Å². The minimum absolute atomic E-state index is 0.326. The predicted octanol–water partition coefficient (Wildman–Crippen LogP) is 3.31. The van der Waals surface area contributed by atoms with Crippen LogP contribution < -0.4 is 10.1 Å². The van der Waals surface area contributed by atoms with Crippen molar-refractivity contribution in [3.63, 3.8) is 0 Å². The minimum Gasteiger partial charge on any atom is -0.496 e. The molecule has 0 spiro atoms. The second kappa shape index (κ2) is 10.6. The summed E-state index contributed by atoms with van der Waals surface area (Å²) >= 11 is 0. The molecule has 120 valence electrons. The quantitative estimate of drug-likeness (QED) is 0.636. The van der Waals surface area contributed by atoms with E-state index in [0.717, 1.165) is 30.9 Å². The molecule has 1 atom stereocenters. The molecule has 0 heterocycles. The zero-order chi connectivity index (χ0) is 15.5. The van der Waals surface area contributed by atoms with Crippen LogP contribution in [0.3, 0.4) is 0 Å². The molecular weight excluding hydrogens is 266 g/mol. The van der Waals surface area contributed by atoms with E-state index in [1.807, 2.05) is 6.07 Å². The van der Waals surface area contributed by atoms with Gasteiger partial charge < -0.3 is 19.5 Å². The van der Waals surface area contributed by atoms with Gasteiger partial charge in [0.25, 0.3) is 0 Å². The lowest BCUT2D eigenvalue weighted by atomic mass is 10.0. The lowest BCUT2D eigenvalue weighted by Gasteiger charge is -2.16. The maximum atomic E-state index is 5.68. The Balaban J connectivity index is 2.55. The Morgan fingerprint density at radius 1 is 1.10 bits per heavy atom. The Hall–Kier alpha value is -1.10. The van der Waals surface area contributed by atoms with E-state index in [1.54, 1.807) is 7.11 Å². The largest absolute Gasteiger partial charge is 0.496 e. The minimum atomic E-state index is 0.326. The summed E-state index contributed by atoms with van der Waals surface area (Å²) in [6.45, 7) is 9.92. The Bertz CT molecular complexity index is 396. The second-order valence-electron chi connectivity index (χ2n) is 5.02. The van der Waals surface area contributed by atoms with Crippen LogP contribution in [0.4, 0.5) is 0 Å². The molecule has 1 N–H and O–H groups in total. The Morgan fingerprint density at radius 3 is 2.52 bits per heavy atom. The van der Waals surface area contributed by atoms with Crippen molar-refractivity contribution in [2.75, 3.05) is 33.5 Å². The van der Waals surface area contributed by atoms with E-state index in [0.29, 0.717) is 25.9 Å². The van der Waals surface area contributed by atoms with Gasteiger partial charge in [-0.3, -0.25) is 0 Å². The molecule has 1 unspecified atom stereocenters. The SMILES string of the molecule is CCCOCCOCc1cc(C(C)NCC)ccc1OC. The van der Waals surface area contributed by atoms with Crippen molar-refractivity contribution in [2.45, 2.75) is 39.8 Å². The van der Waals surface area contributed by atoms with Gasteiger partial charge in [0.05, 0.1) is 26.9 Å². The maximum Gasteiger partial charge on any atom is 0.124 e. The Labute approximate surface area is 128 Å². The van der Waals surface area contributed by atoms with Crippen molar-refractivity contribution in [2.24, 2.45) is 0 Å². The fourth-order valence-electron chi connectivity index (χ4n) is 2.15. The number of hydrogen-bond donors (Lipinski definition) is 1. The van der Waals surface area contributed by atoms with Crippen LogP contribution in [0.25, 0.3) is 0 Å². The van der Waals surface area contributed by atoms with Crippen molar-refractivity contribution in [3.8, 4) is 5.75 Å². The molecule has 0 aromatic heterocycles. The van der Waals surface area contributed by atoms with E-state index in [4.69, 9.17) is 14.2 Å². The highest BCUT2D eigenvalue weighted by Gasteiger charge is 2.09. The molecule has 1 rings (SSSR count). The first-order valence-corrected chi connectivity index (χ1v) is 7.78. The molecule has 0 aliphatic carbocycles. The van der Waals surface area contributed by atoms with Crippen LogP contribution in [0.15, 0.2) is 18.2 Å². The van der Waals surface area contributed by atoms with Gasteiger partial charge in [0, 0.05) is 18.2 Å². The number of benzene rings is 1. The monoisotopic (exact) mass is 295 g/mol. The summed E-state index contributed by atoms with van der Waals surface area (Å²) in [6.07, 6.45) is 1.04. The molecule has 4 nitrogen and oxygen atoms in total. The molecule has 0 amide bonds. The van der Waals surface area contributed by atoms with E-state index in [9.17, 15) is 0 Å². The number of nitrogens with one attached hydrogen (secondary N) is 1. The number of ether oxygens (including phenoxy) is 3. The third-order valence-electron chi connectivity index (χ3n) is 3.29. The smallest absolute Gasteiger partial charge is 0.124 e. The van der Waals surface area contributed by atoms with Gasteiger partial charge >= 0.3 is 0 Å². The third kappa shape index (κ3) is 6.46. The summed E-state index contributed by atoms with van der Waals surface area (Å²) in [5.74, 6) is 0.872. The van der Waals surface area contributed by atoms with Crippen LogP contribution in [0.2, 0.25) is 0 Å². The molecule has 0 radical (unpaired) electrons.